The van der Waals surface area contributed by atoms with E-state index < -0.39 is 0 Å². The van der Waals surface area contributed by atoms with Crippen molar-refractivity contribution < 1.29 is 5.11 Å². The van der Waals surface area contributed by atoms with Gasteiger partial charge in [0.15, 0.2) is 0 Å². The molecule has 1 N–H and O–H groups in total. The van der Waals surface area contributed by atoms with Crippen LogP contribution in [0.3, 0.4) is 0 Å². The Kier molecular flexibility index (Phi) is 10.5. The van der Waals surface area contributed by atoms with Gasteiger partial charge < -0.3 is 5.11 Å². The van der Waals surface area contributed by atoms with E-state index in [4.69, 9.17) is 0 Å². The van der Waals surface area contributed by atoms with Crippen LogP contribution in [-0.2, 0) is 12.2 Å². The van der Waals surface area contributed by atoms with E-state index in [1.54, 1.807) is 0 Å². The Balaban J connectivity index is 2.22. The van der Waals surface area contributed by atoms with Crippen LogP contribution in [0.1, 0.15) is 76.3 Å². The summed E-state index contributed by atoms with van der Waals surface area (Å²) in [6.45, 7) is 4.45. The molecule has 0 amide bonds. The minimum Gasteiger partial charge on any atom is -0.507 e. The zero-order valence-corrected chi connectivity index (χ0v) is 14.7. The number of benzene rings is 1. The van der Waals surface area contributed by atoms with Gasteiger partial charge in [-0.15, -0.1) is 0 Å². The van der Waals surface area contributed by atoms with E-state index in [-0.39, 0.29) is 0 Å². The van der Waals surface area contributed by atoms with Crippen LogP contribution in [0.4, 0.5) is 0 Å². The predicted octanol–water partition coefficient (Wildman–Crippen LogP) is 6.33. The standard InChI is InChI=1S/C19H32OS/c1-3-5-7-8-9-10-15-21-16-18-14-11-13-17(19(18)20)12-6-4-2/h11,13-14,20H,3-10,12,15-16H2,1-2H3. The number of aromatic hydroxyl groups is 1. The average molecular weight is 309 g/mol. The number of thioether (sulfide) groups is 1. The Morgan fingerprint density at radius 2 is 1.52 bits per heavy atom. The maximum Gasteiger partial charge on any atom is 0.122 e. The molecule has 0 fully saturated rings. The molecular formula is C19H32OS. The van der Waals surface area contributed by atoms with E-state index in [2.05, 4.69) is 32.0 Å². The molecule has 0 aliphatic carbocycles. The third-order valence-corrected chi connectivity index (χ3v) is 5.00. The molecule has 1 nitrogen and oxygen atoms in total. The first-order valence-corrected chi connectivity index (χ1v) is 9.82. The lowest BCUT2D eigenvalue weighted by molar-refractivity contribution is 0.462. The molecule has 1 aromatic carbocycles. The summed E-state index contributed by atoms with van der Waals surface area (Å²) in [5.41, 5.74) is 2.23. The van der Waals surface area contributed by atoms with Crippen molar-refractivity contribution in [2.75, 3.05) is 5.75 Å². The largest absolute Gasteiger partial charge is 0.507 e. The summed E-state index contributed by atoms with van der Waals surface area (Å²) in [5, 5.41) is 10.3. The molecule has 1 rings (SSSR count). The minimum atomic E-state index is 0.543. The van der Waals surface area contributed by atoms with Crippen LogP contribution >= 0.6 is 11.8 Å². The number of unbranched alkanes of at least 4 members (excludes halogenated alkanes) is 6. The van der Waals surface area contributed by atoms with Gasteiger partial charge in [0, 0.05) is 11.3 Å². The molecule has 2 heteroatoms. The SMILES string of the molecule is CCCCCCCCSCc1cccc(CCCC)c1O. The lowest BCUT2D eigenvalue weighted by atomic mass is 10.0. The normalized spacial score (nSPS) is 11.0. The maximum atomic E-state index is 10.3. The number of rotatable bonds is 12. The Hall–Kier alpha value is -0.630. The van der Waals surface area contributed by atoms with Crippen molar-refractivity contribution in [1.29, 1.82) is 0 Å². The first-order chi connectivity index (χ1) is 10.3. The van der Waals surface area contributed by atoms with Crippen LogP contribution in [0.5, 0.6) is 5.75 Å². The summed E-state index contributed by atoms with van der Waals surface area (Å²) in [7, 11) is 0. The highest BCUT2D eigenvalue weighted by Crippen LogP contribution is 2.27. The molecule has 1 aromatic rings. The highest BCUT2D eigenvalue weighted by molar-refractivity contribution is 7.98. The molecule has 120 valence electrons. The number of phenolic OH excluding ortho intramolecular Hbond substituents is 1. The fourth-order valence-electron chi connectivity index (χ4n) is 2.50. The fraction of sp³-hybridized carbons (Fsp3) is 0.684. The van der Waals surface area contributed by atoms with E-state index in [9.17, 15) is 5.11 Å². The third kappa shape index (κ3) is 7.80. The van der Waals surface area contributed by atoms with Crippen LogP contribution in [0.2, 0.25) is 0 Å². The molecule has 0 aliphatic rings. The highest BCUT2D eigenvalue weighted by Gasteiger charge is 2.06. The van der Waals surface area contributed by atoms with Crippen molar-refractivity contribution in [3.63, 3.8) is 0 Å². The van der Waals surface area contributed by atoms with Crippen LogP contribution in [-0.4, -0.2) is 10.9 Å². The van der Waals surface area contributed by atoms with Gasteiger partial charge in [-0.25, -0.2) is 0 Å². The summed E-state index contributed by atoms with van der Waals surface area (Å²) in [6, 6.07) is 6.22. The maximum absolute atomic E-state index is 10.3. The van der Waals surface area contributed by atoms with Gasteiger partial charge in [0.2, 0.25) is 0 Å². The summed E-state index contributed by atoms with van der Waals surface area (Å²) < 4.78 is 0. The topological polar surface area (TPSA) is 20.2 Å². The molecule has 0 heterocycles. The lowest BCUT2D eigenvalue weighted by Gasteiger charge is -2.09. The van der Waals surface area contributed by atoms with Gasteiger partial charge in [0.05, 0.1) is 0 Å². The molecule has 0 bridgehead atoms. The second kappa shape index (κ2) is 12.0. The van der Waals surface area contributed by atoms with Crippen LogP contribution < -0.4 is 0 Å². The minimum absolute atomic E-state index is 0.543. The van der Waals surface area contributed by atoms with Crippen molar-refractivity contribution in [3.05, 3.63) is 29.3 Å². The molecular weight excluding hydrogens is 276 g/mol. The van der Waals surface area contributed by atoms with Crippen LogP contribution in [0.25, 0.3) is 0 Å². The summed E-state index contributed by atoms with van der Waals surface area (Å²) in [6.07, 6.45) is 11.5. The molecule has 0 aromatic heterocycles. The van der Waals surface area contributed by atoms with Gasteiger partial charge in [0.1, 0.15) is 5.75 Å². The van der Waals surface area contributed by atoms with Gasteiger partial charge >= 0.3 is 0 Å². The van der Waals surface area contributed by atoms with Crippen molar-refractivity contribution >= 4 is 11.8 Å². The molecule has 0 atom stereocenters. The van der Waals surface area contributed by atoms with Crippen LogP contribution in [0.15, 0.2) is 18.2 Å². The number of phenols is 1. The quantitative estimate of drug-likeness (QED) is 0.455. The van der Waals surface area contributed by atoms with E-state index in [1.165, 1.54) is 50.7 Å². The molecule has 0 saturated carbocycles. The van der Waals surface area contributed by atoms with Crippen molar-refractivity contribution in [2.45, 2.75) is 77.4 Å². The molecule has 0 aliphatic heterocycles. The Morgan fingerprint density at radius 3 is 2.29 bits per heavy atom. The molecule has 0 unspecified atom stereocenters. The average Bonchev–Trinajstić information content (AvgIpc) is 2.50. The van der Waals surface area contributed by atoms with E-state index >= 15 is 0 Å². The first kappa shape index (κ1) is 18.4. The van der Waals surface area contributed by atoms with E-state index in [0.717, 1.165) is 29.7 Å². The Bertz CT molecular complexity index is 376. The second-order valence-corrected chi connectivity index (χ2v) is 6.95. The highest BCUT2D eigenvalue weighted by atomic mass is 32.2. The second-order valence-electron chi connectivity index (χ2n) is 5.85. The van der Waals surface area contributed by atoms with Gasteiger partial charge in [-0.3, -0.25) is 0 Å². The fourth-order valence-corrected chi connectivity index (χ4v) is 3.50. The van der Waals surface area contributed by atoms with E-state index in [0.29, 0.717) is 5.75 Å². The molecule has 0 spiro atoms. The van der Waals surface area contributed by atoms with Gasteiger partial charge in [-0.1, -0.05) is 70.6 Å². The smallest absolute Gasteiger partial charge is 0.122 e. The zero-order chi connectivity index (χ0) is 15.3. The number of hydrogen-bond donors (Lipinski definition) is 1. The molecule has 0 saturated heterocycles. The summed E-state index contributed by atoms with van der Waals surface area (Å²) in [5.74, 6) is 2.70. The number of hydrogen-bond acceptors (Lipinski definition) is 2. The van der Waals surface area contributed by atoms with Crippen molar-refractivity contribution in [2.24, 2.45) is 0 Å². The van der Waals surface area contributed by atoms with E-state index in [1.807, 2.05) is 11.8 Å². The van der Waals surface area contributed by atoms with Crippen molar-refractivity contribution in [1.82, 2.24) is 0 Å². The molecule has 21 heavy (non-hydrogen) atoms. The number of para-hydroxylation sites is 1. The number of aryl methyl sites for hydroxylation is 1. The predicted molar refractivity (Wildman–Crippen MR) is 96.3 cm³/mol. The third-order valence-electron chi connectivity index (χ3n) is 3.90. The van der Waals surface area contributed by atoms with Crippen LogP contribution in [0, 0.1) is 0 Å². The Morgan fingerprint density at radius 1 is 0.857 bits per heavy atom. The Labute approximate surface area is 135 Å². The monoisotopic (exact) mass is 308 g/mol. The first-order valence-electron chi connectivity index (χ1n) is 8.67. The molecule has 0 radical (unpaired) electrons. The van der Waals surface area contributed by atoms with Crippen molar-refractivity contribution in [3.8, 4) is 5.75 Å². The summed E-state index contributed by atoms with van der Waals surface area (Å²) in [4.78, 5) is 0. The van der Waals surface area contributed by atoms with Gasteiger partial charge in [-0.05, 0) is 30.6 Å². The zero-order valence-electron chi connectivity index (χ0n) is 13.9. The lowest BCUT2D eigenvalue weighted by Crippen LogP contribution is -1.91. The summed E-state index contributed by atoms with van der Waals surface area (Å²) >= 11 is 1.96. The van der Waals surface area contributed by atoms with Gasteiger partial charge in [-0.2, -0.15) is 11.8 Å². The van der Waals surface area contributed by atoms with Gasteiger partial charge in [0.25, 0.3) is 0 Å².